The van der Waals surface area contributed by atoms with Crippen LogP contribution in [0.15, 0.2) is 206 Å². The molecule has 0 N–H and O–H groups in total. The van der Waals surface area contributed by atoms with Crippen LogP contribution in [0.2, 0.25) is 0 Å². The summed E-state index contributed by atoms with van der Waals surface area (Å²) in [4.78, 5) is 15.1. The Labute approximate surface area is 361 Å². The molecule has 0 spiro atoms. The van der Waals surface area contributed by atoms with E-state index < -0.39 is 36.3 Å². The Morgan fingerprint density at radius 1 is 0.417 bits per heavy atom. The fraction of sp³-hybridized carbons (Fsp3) is 0. The first-order valence-corrected chi connectivity index (χ1v) is 20.4. The predicted molar refractivity (Wildman–Crippen MR) is 252 cm³/mol. The maximum atomic E-state index is 9.24. The summed E-state index contributed by atoms with van der Waals surface area (Å²) >= 11 is 1.79. The molecule has 9 aromatic carbocycles. The normalized spacial score (nSPS) is 13.5. The summed E-state index contributed by atoms with van der Waals surface area (Å²) in [5, 5.41) is 4.93. The Balaban J connectivity index is 1.07. The topological polar surface area (TPSA) is 43.6 Å². The van der Waals surface area contributed by atoms with Gasteiger partial charge in [0.1, 0.15) is 0 Å². The highest BCUT2D eigenvalue weighted by atomic mass is 32.1. The third-order valence-corrected chi connectivity index (χ3v) is 12.3. The van der Waals surface area contributed by atoms with E-state index in [1.54, 1.807) is 15.9 Å². The van der Waals surface area contributed by atoms with E-state index in [2.05, 4.69) is 66.7 Å². The van der Waals surface area contributed by atoms with Crippen LogP contribution in [0, 0.1) is 0 Å². The Kier molecular flexibility index (Phi) is 6.30. The van der Waals surface area contributed by atoms with Crippen molar-refractivity contribution in [2.45, 2.75) is 0 Å². The molecular formula is C55H34N4S. The minimum Gasteiger partial charge on any atom is -0.309 e. The number of rotatable bonds is 6. The molecule has 0 amide bonds. The average molecular weight is 791 g/mol. The summed E-state index contributed by atoms with van der Waals surface area (Å²) in [6.07, 6.45) is 0. The molecule has 280 valence electrons. The van der Waals surface area contributed by atoms with E-state index in [4.69, 9.17) is 23.2 Å². The van der Waals surface area contributed by atoms with Crippen molar-refractivity contribution in [2.75, 3.05) is 0 Å². The van der Waals surface area contributed by atoms with Crippen LogP contribution < -0.4 is 0 Å². The quantitative estimate of drug-likeness (QED) is 0.168. The highest BCUT2D eigenvalue weighted by Gasteiger charge is 2.19. The van der Waals surface area contributed by atoms with Crippen LogP contribution in [0.25, 0.3) is 115 Å². The van der Waals surface area contributed by atoms with Crippen LogP contribution in [0.1, 0.15) is 11.0 Å². The molecule has 3 heterocycles. The molecule has 0 saturated carbocycles. The van der Waals surface area contributed by atoms with Gasteiger partial charge in [-0.05, 0) is 51.7 Å². The SMILES string of the molecule is [2H]c1c([2H])c([2H])c2c(c1[2H])c1c([2H])c([2H])c([2H])c([2H])c1n2-c1cc(-c2nc(-c3ccccc3)nc(-c3ccc(-c4cccc5c4sc4ccc6ccccc6c45)cc3)n2)ccc1-c1ccccc1. The Hall–Kier alpha value is -7.73. The molecule has 0 fully saturated rings. The lowest BCUT2D eigenvalue weighted by Crippen LogP contribution is -2.02. The molecule has 0 aliphatic carbocycles. The molecule has 12 rings (SSSR count). The van der Waals surface area contributed by atoms with Gasteiger partial charge in [0.15, 0.2) is 17.5 Å². The first-order chi connectivity index (χ1) is 33.1. The predicted octanol–water partition coefficient (Wildman–Crippen LogP) is 14.8. The minimum absolute atomic E-state index is 0.00300. The molecule has 0 saturated heterocycles. The van der Waals surface area contributed by atoms with Gasteiger partial charge in [0, 0.05) is 53.2 Å². The molecule has 60 heavy (non-hydrogen) atoms. The number of aromatic nitrogens is 4. The Morgan fingerprint density at radius 3 is 1.68 bits per heavy atom. The second-order valence-electron chi connectivity index (χ2n) is 14.6. The van der Waals surface area contributed by atoms with Gasteiger partial charge >= 0.3 is 0 Å². The second kappa shape index (κ2) is 14.0. The zero-order valence-corrected chi connectivity index (χ0v) is 32.5. The molecular weight excluding hydrogens is 749 g/mol. The largest absolute Gasteiger partial charge is 0.309 e. The lowest BCUT2D eigenvalue weighted by molar-refractivity contribution is 1.07. The van der Waals surface area contributed by atoms with E-state index >= 15 is 0 Å². The fourth-order valence-electron chi connectivity index (χ4n) is 8.32. The van der Waals surface area contributed by atoms with Gasteiger partial charge in [-0.2, -0.15) is 0 Å². The summed E-state index contributed by atoms with van der Waals surface area (Å²) in [5.41, 5.74) is 6.12. The van der Waals surface area contributed by atoms with Gasteiger partial charge in [-0.1, -0.05) is 182 Å². The third-order valence-electron chi connectivity index (χ3n) is 11.1. The number of nitrogens with zero attached hydrogens (tertiary/aromatic N) is 4. The molecule has 4 nitrogen and oxygen atoms in total. The van der Waals surface area contributed by atoms with Gasteiger partial charge in [-0.3, -0.25) is 0 Å². The van der Waals surface area contributed by atoms with Crippen molar-refractivity contribution in [1.29, 1.82) is 0 Å². The zero-order chi connectivity index (χ0) is 46.5. The summed E-state index contributed by atoms with van der Waals surface area (Å²) in [7, 11) is 0. The molecule has 5 heteroatoms. The van der Waals surface area contributed by atoms with Crippen molar-refractivity contribution in [1.82, 2.24) is 19.5 Å². The maximum absolute atomic E-state index is 9.24. The highest BCUT2D eigenvalue weighted by Crippen LogP contribution is 2.43. The summed E-state index contributed by atoms with van der Waals surface area (Å²) in [5.74, 6) is 1.19. The third kappa shape index (κ3) is 5.63. The average Bonchev–Trinajstić information content (AvgIpc) is 3.96. The second-order valence-corrected chi connectivity index (χ2v) is 15.6. The van der Waals surface area contributed by atoms with Crippen molar-refractivity contribution < 1.29 is 11.0 Å². The molecule has 0 atom stereocenters. The van der Waals surface area contributed by atoms with E-state index in [-0.39, 0.29) is 33.9 Å². The van der Waals surface area contributed by atoms with E-state index in [9.17, 15) is 2.74 Å². The van der Waals surface area contributed by atoms with Crippen molar-refractivity contribution in [3.8, 4) is 62.1 Å². The lowest BCUT2D eigenvalue weighted by atomic mass is 9.99. The van der Waals surface area contributed by atoms with Crippen LogP contribution in [-0.4, -0.2) is 19.5 Å². The number of para-hydroxylation sites is 2. The zero-order valence-electron chi connectivity index (χ0n) is 39.7. The Morgan fingerprint density at radius 2 is 0.967 bits per heavy atom. The van der Waals surface area contributed by atoms with E-state index in [0.29, 0.717) is 34.3 Å². The van der Waals surface area contributed by atoms with Crippen LogP contribution in [-0.2, 0) is 0 Å². The van der Waals surface area contributed by atoms with Gasteiger partial charge < -0.3 is 4.57 Å². The van der Waals surface area contributed by atoms with Gasteiger partial charge in [-0.15, -0.1) is 11.3 Å². The van der Waals surface area contributed by atoms with Crippen LogP contribution in [0.4, 0.5) is 0 Å². The van der Waals surface area contributed by atoms with E-state index in [0.717, 1.165) is 27.8 Å². The monoisotopic (exact) mass is 790 g/mol. The van der Waals surface area contributed by atoms with Gasteiger partial charge in [0.2, 0.25) is 0 Å². The Bertz CT molecular complexity index is 3980. The molecule has 0 unspecified atom stereocenters. The fourth-order valence-corrected chi connectivity index (χ4v) is 9.58. The van der Waals surface area contributed by atoms with Gasteiger partial charge in [0.25, 0.3) is 0 Å². The molecule has 3 aromatic heterocycles. The minimum atomic E-state index is -0.504. The number of fused-ring (bicyclic) bond motifs is 8. The smallest absolute Gasteiger partial charge is 0.164 e. The molecule has 12 aromatic rings. The standard InChI is InChI=1S/C55H34N4S/c1-3-14-35(15-4-1)41-32-30-40(34-49(41)59-47-24-11-9-20-44(47)45-21-10-12-25-48(45)59)55-57-53(38-17-5-2-6-18-38)56-54(58-55)39-28-26-37(27-29-39)43-22-13-23-46-51-42-19-8-7-16-36(42)31-33-50(51)60-52(43)46/h1-34H/i9D,10D,11D,12D,20D,21D,24D,25D. The van der Waals surface area contributed by atoms with Crippen LogP contribution in [0.3, 0.4) is 0 Å². The number of hydrogen-bond donors (Lipinski definition) is 0. The summed E-state index contributed by atoms with van der Waals surface area (Å²) < 4.78 is 75.2. The summed E-state index contributed by atoms with van der Waals surface area (Å²) in [6, 6.07) is 48.8. The first-order valence-electron chi connectivity index (χ1n) is 23.5. The molecule has 0 bridgehead atoms. The van der Waals surface area contributed by atoms with Crippen molar-refractivity contribution in [3.05, 3.63) is 206 Å². The van der Waals surface area contributed by atoms with Crippen molar-refractivity contribution >= 4 is 64.1 Å². The van der Waals surface area contributed by atoms with E-state index in [1.807, 2.05) is 91.0 Å². The van der Waals surface area contributed by atoms with Gasteiger partial charge in [0.05, 0.1) is 27.7 Å². The van der Waals surface area contributed by atoms with Gasteiger partial charge in [-0.25, -0.2) is 15.0 Å². The van der Waals surface area contributed by atoms with Crippen molar-refractivity contribution in [2.24, 2.45) is 0 Å². The molecule has 0 aliphatic rings. The van der Waals surface area contributed by atoms with E-state index in [1.165, 1.54) is 30.9 Å². The van der Waals surface area contributed by atoms with Crippen molar-refractivity contribution in [3.63, 3.8) is 0 Å². The molecule has 0 aliphatic heterocycles. The number of benzene rings is 9. The van der Waals surface area contributed by atoms with Crippen LogP contribution in [0.5, 0.6) is 0 Å². The number of thiophene rings is 1. The maximum Gasteiger partial charge on any atom is 0.164 e. The molecule has 0 radical (unpaired) electrons. The summed E-state index contributed by atoms with van der Waals surface area (Å²) in [6.45, 7) is 0. The number of hydrogen-bond acceptors (Lipinski definition) is 4. The highest BCUT2D eigenvalue weighted by molar-refractivity contribution is 7.26. The lowest BCUT2D eigenvalue weighted by Gasteiger charge is -2.16. The first kappa shape index (κ1) is 27.0. The van der Waals surface area contributed by atoms with Crippen LogP contribution >= 0.6 is 11.3 Å².